The average Bonchev–Trinajstić information content (AvgIpc) is 2.57. The van der Waals surface area contributed by atoms with E-state index in [1.165, 1.54) is 38.1 Å². The fourth-order valence-corrected chi connectivity index (χ4v) is 1.90. The Balaban J connectivity index is 2.07. The molecule has 0 unspecified atom stereocenters. The first-order chi connectivity index (χ1) is 7.77. The molecule has 1 fully saturated rings. The molecule has 2 heterocycles. The highest BCUT2D eigenvalue weighted by Gasteiger charge is 2.15. The SMILES string of the molecule is OB(O)c1cnc(N2CCCCCC2)nc1. The molecular weight excluding hydrogens is 205 g/mol. The standard InChI is InChI=1S/C10H16BN3O2/c15-11(16)9-7-12-10(13-8-9)14-5-3-1-2-4-6-14/h7-8,15-16H,1-6H2. The molecule has 1 aromatic rings. The molecule has 0 radical (unpaired) electrons. The number of hydrogen-bond acceptors (Lipinski definition) is 5. The molecule has 0 amide bonds. The molecule has 1 saturated heterocycles. The number of nitrogens with zero attached hydrogens (tertiary/aromatic N) is 3. The van der Waals surface area contributed by atoms with E-state index in [2.05, 4.69) is 14.9 Å². The van der Waals surface area contributed by atoms with Gasteiger partial charge in [-0.2, -0.15) is 0 Å². The maximum atomic E-state index is 8.93. The van der Waals surface area contributed by atoms with E-state index < -0.39 is 7.12 Å². The first-order valence-electron chi connectivity index (χ1n) is 5.70. The van der Waals surface area contributed by atoms with Crippen molar-refractivity contribution in [1.29, 1.82) is 0 Å². The van der Waals surface area contributed by atoms with E-state index in [4.69, 9.17) is 10.0 Å². The zero-order chi connectivity index (χ0) is 11.4. The van der Waals surface area contributed by atoms with Gasteiger partial charge in [-0.25, -0.2) is 9.97 Å². The van der Waals surface area contributed by atoms with Crippen LogP contribution in [0.25, 0.3) is 0 Å². The molecule has 0 aliphatic carbocycles. The van der Waals surface area contributed by atoms with Gasteiger partial charge in [0, 0.05) is 30.9 Å². The van der Waals surface area contributed by atoms with Crippen LogP contribution in [-0.2, 0) is 0 Å². The molecule has 0 saturated carbocycles. The van der Waals surface area contributed by atoms with Crippen molar-refractivity contribution in [3.05, 3.63) is 12.4 Å². The molecule has 0 aromatic carbocycles. The lowest BCUT2D eigenvalue weighted by Gasteiger charge is -2.19. The van der Waals surface area contributed by atoms with Crippen molar-refractivity contribution < 1.29 is 10.0 Å². The first kappa shape index (κ1) is 11.4. The minimum Gasteiger partial charge on any atom is -0.423 e. The Bertz CT molecular complexity index is 323. The van der Waals surface area contributed by atoms with Gasteiger partial charge >= 0.3 is 7.12 Å². The Hall–Kier alpha value is -1.14. The molecule has 2 N–H and O–H groups in total. The van der Waals surface area contributed by atoms with Crippen LogP contribution in [0.2, 0.25) is 0 Å². The third-order valence-electron chi connectivity index (χ3n) is 2.85. The van der Waals surface area contributed by atoms with Crippen LogP contribution in [0.5, 0.6) is 0 Å². The lowest BCUT2D eigenvalue weighted by Crippen LogP contribution is -2.32. The van der Waals surface area contributed by atoms with E-state index in [9.17, 15) is 0 Å². The summed E-state index contributed by atoms with van der Waals surface area (Å²) < 4.78 is 0. The normalized spacial score (nSPS) is 17.0. The second kappa shape index (κ2) is 5.27. The minimum atomic E-state index is -1.49. The number of rotatable bonds is 2. The number of aromatic nitrogens is 2. The van der Waals surface area contributed by atoms with Gasteiger partial charge < -0.3 is 14.9 Å². The summed E-state index contributed by atoms with van der Waals surface area (Å²) in [6.07, 6.45) is 7.82. The molecule has 1 aliphatic heterocycles. The molecule has 5 nitrogen and oxygen atoms in total. The molecule has 16 heavy (non-hydrogen) atoms. The minimum absolute atomic E-state index is 0.332. The van der Waals surface area contributed by atoms with Gasteiger partial charge in [-0.3, -0.25) is 0 Å². The average molecular weight is 221 g/mol. The van der Waals surface area contributed by atoms with Gasteiger partial charge in [0.25, 0.3) is 0 Å². The Kier molecular flexibility index (Phi) is 3.74. The van der Waals surface area contributed by atoms with Crippen molar-refractivity contribution in [2.24, 2.45) is 0 Å². The van der Waals surface area contributed by atoms with Crippen LogP contribution in [-0.4, -0.2) is 40.2 Å². The Morgan fingerprint density at radius 1 is 1.00 bits per heavy atom. The summed E-state index contributed by atoms with van der Waals surface area (Å²) in [5, 5.41) is 17.9. The van der Waals surface area contributed by atoms with Crippen molar-refractivity contribution in [2.75, 3.05) is 18.0 Å². The van der Waals surface area contributed by atoms with Crippen molar-refractivity contribution in [1.82, 2.24) is 9.97 Å². The Morgan fingerprint density at radius 3 is 2.06 bits per heavy atom. The van der Waals surface area contributed by atoms with Crippen molar-refractivity contribution >= 4 is 18.5 Å². The van der Waals surface area contributed by atoms with Gasteiger partial charge in [0.05, 0.1) is 0 Å². The zero-order valence-electron chi connectivity index (χ0n) is 9.21. The van der Waals surface area contributed by atoms with E-state index in [0.717, 1.165) is 13.1 Å². The fourth-order valence-electron chi connectivity index (χ4n) is 1.90. The van der Waals surface area contributed by atoms with Gasteiger partial charge in [-0.15, -0.1) is 0 Å². The highest BCUT2D eigenvalue weighted by molar-refractivity contribution is 6.58. The summed E-state index contributed by atoms with van der Waals surface area (Å²) in [5.74, 6) is 0.686. The van der Waals surface area contributed by atoms with E-state index in [1.807, 2.05) is 0 Å². The van der Waals surface area contributed by atoms with Crippen LogP contribution in [0.1, 0.15) is 25.7 Å². The van der Waals surface area contributed by atoms with Gasteiger partial charge in [0.2, 0.25) is 5.95 Å². The molecule has 0 atom stereocenters. The lowest BCUT2D eigenvalue weighted by atomic mass is 9.83. The number of hydrogen-bond donors (Lipinski definition) is 2. The quantitative estimate of drug-likeness (QED) is 0.661. The molecule has 0 spiro atoms. The summed E-state index contributed by atoms with van der Waals surface area (Å²) in [6.45, 7) is 1.97. The molecule has 2 rings (SSSR count). The van der Waals surface area contributed by atoms with Crippen LogP contribution < -0.4 is 10.4 Å². The van der Waals surface area contributed by atoms with E-state index in [-0.39, 0.29) is 0 Å². The summed E-state index contributed by atoms with van der Waals surface area (Å²) >= 11 is 0. The molecule has 1 aliphatic rings. The molecule has 86 valence electrons. The first-order valence-corrected chi connectivity index (χ1v) is 5.70. The van der Waals surface area contributed by atoms with Gasteiger partial charge in [-0.1, -0.05) is 12.8 Å². The predicted octanol–water partition coefficient (Wildman–Crippen LogP) is -0.463. The van der Waals surface area contributed by atoms with E-state index in [1.54, 1.807) is 0 Å². The van der Waals surface area contributed by atoms with Crippen molar-refractivity contribution in [3.63, 3.8) is 0 Å². The van der Waals surface area contributed by atoms with Crippen LogP contribution in [0, 0.1) is 0 Å². The summed E-state index contributed by atoms with van der Waals surface area (Å²) in [4.78, 5) is 10.5. The van der Waals surface area contributed by atoms with Gasteiger partial charge in [0.15, 0.2) is 0 Å². The highest BCUT2D eigenvalue weighted by Crippen LogP contribution is 2.13. The maximum Gasteiger partial charge on any atom is 0.491 e. The fraction of sp³-hybridized carbons (Fsp3) is 0.600. The Labute approximate surface area is 95.3 Å². The summed E-state index contributed by atoms with van der Waals surface area (Å²) in [6, 6.07) is 0. The maximum absolute atomic E-state index is 8.93. The monoisotopic (exact) mass is 221 g/mol. The van der Waals surface area contributed by atoms with Gasteiger partial charge in [-0.05, 0) is 12.8 Å². The molecule has 1 aromatic heterocycles. The molecule has 0 bridgehead atoms. The van der Waals surface area contributed by atoms with E-state index >= 15 is 0 Å². The van der Waals surface area contributed by atoms with E-state index in [0.29, 0.717) is 11.4 Å². The lowest BCUT2D eigenvalue weighted by molar-refractivity contribution is 0.425. The molecular formula is C10H16BN3O2. The molecule has 6 heteroatoms. The second-order valence-corrected chi connectivity index (χ2v) is 4.09. The number of anilines is 1. The van der Waals surface area contributed by atoms with Crippen LogP contribution in [0.15, 0.2) is 12.4 Å². The smallest absolute Gasteiger partial charge is 0.423 e. The summed E-state index contributed by atoms with van der Waals surface area (Å²) in [7, 11) is -1.49. The van der Waals surface area contributed by atoms with Crippen molar-refractivity contribution in [2.45, 2.75) is 25.7 Å². The van der Waals surface area contributed by atoms with Crippen molar-refractivity contribution in [3.8, 4) is 0 Å². The largest absolute Gasteiger partial charge is 0.491 e. The zero-order valence-corrected chi connectivity index (χ0v) is 9.21. The van der Waals surface area contributed by atoms with Crippen LogP contribution in [0.3, 0.4) is 0 Å². The van der Waals surface area contributed by atoms with Crippen LogP contribution >= 0.6 is 0 Å². The Morgan fingerprint density at radius 2 is 1.56 bits per heavy atom. The third-order valence-corrected chi connectivity index (χ3v) is 2.85. The third kappa shape index (κ3) is 2.71. The van der Waals surface area contributed by atoms with Gasteiger partial charge in [0.1, 0.15) is 0 Å². The topological polar surface area (TPSA) is 69.5 Å². The second-order valence-electron chi connectivity index (χ2n) is 4.09. The highest BCUT2D eigenvalue weighted by atomic mass is 16.4. The predicted molar refractivity (Wildman–Crippen MR) is 62.5 cm³/mol. The van der Waals surface area contributed by atoms with Crippen LogP contribution in [0.4, 0.5) is 5.95 Å². The summed E-state index contributed by atoms with van der Waals surface area (Å²) in [5.41, 5.74) is 0.332.